The Morgan fingerprint density at radius 3 is 2.20 bits per heavy atom. The molecule has 1 N–H and O–H groups in total. The van der Waals surface area contributed by atoms with Crippen molar-refractivity contribution in [1.82, 2.24) is 9.62 Å². The van der Waals surface area contributed by atoms with Gasteiger partial charge in [-0.1, -0.05) is 20.8 Å². The second kappa shape index (κ2) is 5.87. The fourth-order valence-electron chi connectivity index (χ4n) is 2.34. The molecule has 1 rings (SSSR count). The highest BCUT2D eigenvalue weighted by Crippen LogP contribution is 2.30. The highest BCUT2D eigenvalue weighted by molar-refractivity contribution is 7.89. The van der Waals surface area contributed by atoms with Crippen molar-refractivity contribution in [1.29, 1.82) is 0 Å². The number of nitrogens with zero attached hydrogens (tertiary/aromatic N) is 1. The molecule has 0 aliphatic heterocycles. The van der Waals surface area contributed by atoms with Gasteiger partial charge in [0.1, 0.15) is 16.4 Å². The second-order valence-electron chi connectivity index (χ2n) is 6.37. The number of furan rings is 1. The molecule has 0 saturated heterocycles. The van der Waals surface area contributed by atoms with Crippen LogP contribution in [0, 0.1) is 19.3 Å². The molecule has 116 valence electrons. The van der Waals surface area contributed by atoms with Crippen LogP contribution in [0.5, 0.6) is 0 Å². The van der Waals surface area contributed by atoms with Crippen molar-refractivity contribution in [2.75, 3.05) is 20.6 Å². The van der Waals surface area contributed by atoms with Gasteiger partial charge < -0.3 is 9.73 Å². The van der Waals surface area contributed by atoms with E-state index in [2.05, 4.69) is 5.32 Å². The lowest BCUT2D eigenvalue weighted by atomic mass is 9.97. The lowest BCUT2D eigenvalue weighted by Crippen LogP contribution is -2.35. The van der Waals surface area contributed by atoms with Crippen molar-refractivity contribution >= 4 is 10.0 Å². The zero-order valence-electron chi connectivity index (χ0n) is 13.5. The Hall–Kier alpha value is -0.850. The minimum Gasteiger partial charge on any atom is -0.465 e. The molecule has 0 spiro atoms. The molecule has 0 fully saturated rings. The van der Waals surface area contributed by atoms with Crippen LogP contribution in [0.4, 0.5) is 0 Å². The van der Waals surface area contributed by atoms with Gasteiger partial charge in [-0.05, 0) is 26.3 Å². The number of nitrogens with one attached hydrogen (secondary N) is 1. The second-order valence-corrected chi connectivity index (χ2v) is 8.36. The van der Waals surface area contributed by atoms with Crippen molar-refractivity contribution in [2.24, 2.45) is 5.41 Å². The topological polar surface area (TPSA) is 62.6 Å². The molecule has 0 amide bonds. The van der Waals surface area contributed by atoms with Gasteiger partial charge in [-0.2, -0.15) is 0 Å². The van der Waals surface area contributed by atoms with E-state index in [4.69, 9.17) is 4.42 Å². The van der Waals surface area contributed by atoms with E-state index in [0.29, 0.717) is 35.1 Å². The van der Waals surface area contributed by atoms with Gasteiger partial charge in [0, 0.05) is 25.7 Å². The zero-order valence-corrected chi connectivity index (χ0v) is 14.3. The van der Waals surface area contributed by atoms with Gasteiger partial charge in [0.05, 0.1) is 0 Å². The van der Waals surface area contributed by atoms with E-state index in [9.17, 15) is 8.42 Å². The Morgan fingerprint density at radius 1 is 1.20 bits per heavy atom. The molecular weight excluding hydrogens is 276 g/mol. The third-order valence-electron chi connectivity index (χ3n) is 3.04. The molecule has 5 nitrogen and oxygen atoms in total. The minimum absolute atomic E-state index is 0.0995. The summed E-state index contributed by atoms with van der Waals surface area (Å²) in [5, 5.41) is 2.99. The molecule has 0 bridgehead atoms. The van der Waals surface area contributed by atoms with Crippen molar-refractivity contribution < 1.29 is 12.8 Å². The first kappa shape index (κ1) is 17.2. The van der Waals surface area contributed by atoms with Crippen LogP contribution in [0.2, 0.25) is 0 Å². The Kier molecular flexibility index (Phi) is 5.05. The quantitative estimate of drug-likeness (QED) is 0.906. The number of hydrogen-bond acceptors (Lipinski definition) is 4. The van der Waals surface area contributed by atoms with Gasteiger partial charge in [0.25, 0.3) is 0 Å². The molecule has 0 aromatic carbocycles. The number of sulfonamides is 1. The van der Waals surface area contributed by atoms with Crippen molar-refractivity contribution in [3.05, 3.63) is 17.1 Å². The molecule has 0 aliphatic carbocycles. The summed E-state index contributed by atoms with van der Waals surface area (Å²) < 4.78 is 32.5. The normalized spacial score (nSPS) is 13.2. The largest absolute Gasteiger partial charge is 0.465 e. The molecular formula is C14H26N2O3S. The van der Waals surface area contributed by atoms with Gasteiger partial charge >= 0.3 is 0 Å². The van der Waals surface area contributed by atoms with Crippen LogP contribution in [-0.2, 0) is 16.6 Å². The number of rotatable bonds is 5. The maximum Gasteiger partial charge on any atom is 0.246 e. The molecule has 0 saturated carbocycles. The maximum absolute atomic E-state index is 12.8. The average Bonchev–Trinajstić information content (AvgIpc) is 2.52. The Balaban J connectivity index is 3.28. The van der Waals surface area contributed by atoms with Crippen LogP contribution in [0.3, 0.4) is 0 Å². The summed E-state index contributed by atoms with van der Waals surface area (Å²) in [6.45, 7) is 10.5. The highest BCUT2D eigenvalue weighted by atomic mass is 32.2. The molecule has 0 atom stereocenters. The van der Waals surface area contributed by atoms with E-state index in [1.54, 1.807) is 27.9 Å². The molecule has 1 aromatic heterocycles. The van der Waals surface area contributed by atoms with Crippen LogP contribution in [0.1, 0.15) is 37.9 Å². The molecule has 6 heteroatoms. The van der Waals surface area contributed by atoms with Crippen molar-refractivity contribution in [2.45, 2.75) is 46.1 Å². The summed E-state index contributed by atoms with van der Waals surface area (Å²) in [6.07, 6.45) is 0. The van der Waals surface area contributed by atoms with E-state index in [0.717, 1.165) is 0 Å². The predicted molar refractivity (Wildman–Crippen MR) is 80.2 cm³/mol. The van der Waals surface area contributed by atoms with Crippen LogP contribution in [0.15, 0.2) is 9.31 Å². The summed E-state index contributed by atoms with van der Waals surface area (Å²) in [7, 11) is -0.130. The number of hydrogen-bond donors (Lipinski definition) is 1. The Bertz CT molecular complexity index is 568. The van der Waals surface area contributed by atoms with E-state index >= 15 is 0 Å². The first-order chi connectivity index (χ1) is 9.00. The van der Waals surface area contributed by atoms with Crippen LogP contribution < -0.4 is 5.32 Å². The SMILES string of the molecule is CNCc1c(C)oc(C)c1S(=O)(=O)N(C)CC(C)(C)C. The summed E-state index contributed by atoms with van der Waals surface area (Å²) in [4.78, 5) is 0.302. The van der Waals surface area contributed by atoms with Crippen LogP contribution in [0.25, 0.3) is 0 Å². The smallest absolute Gasteiger partial charge is 0.246 e. The number of aryl methyl sites for hydroxylation is 2. The first-order valence-corrected chi connectivity index (χ1v) is 8.14. The average molecular weight is 302 g/mol. The van der Waals surface area contributed by atoms with E-state index in [1.807, 2.05) is 20.8 Å². The summed E-state index contributed by atoms with van der Waals surface area (Å²) in [6, 6.07) is 0. The summed E-state index contributed by atoms with van der Waals surface area (Å²) >= 11 is 0. The van der Waals surface area contributed by atoms with E-state index in [-0.39, 0.29) is 5.41 Å². The zero-order chi connectivity index (χ0) is 15.7. The fourth-order valence-corrected chi connectivity index (χ4v) is 4.14. The highest BCUT2D eigenvalue weighted by Gasteiger charge is 2.32. The van der Waals surface area contributed by atoms with Gasteiger partial charge in [-0.25, -0.2) is 12.7 Å². The van der Waals surface area contributed by atoms with Gasteiger partial charge in [-0.3, -0.25) is 0 Å². The van der Waals surface area contributed by atoms with E-state index < -0.39 is 10.0 Å². The van der Waals surface area contributed by atoms with E-state index in [1.165, 1.54) is 4.31 Å². The van der Waals surface area contributed by atoms with Gasteiger partial charge in [0.2, 0.25) is 10.0 Å². The minimum atomic E-state index is -3.54. The molecule has 0 unspecified atom stereocenters. The standard InChI is InChI=1S/C14H26N2O3S/c1-10-12(8-15-6)13(11(2)19-10)20(17,18)16(7)9-14(3,4)5/h15H,8-9H2,1-7H3. The van der Waals surface area contributed by atoms with Crippen molar-refractivity contribution in [3.8, 4) is 0 Å². The summed E-state index contributed by atoms with van der Waals surface area (Å²) in [5.41, 5.74) is 0.614. The molecule has 0 radical (unpaired) electrons. The molecule has 1 heterocycles. The molecule has 20 heavy (non-hydrogen) atoms. The first-order valence-electron chi connectivity index (χ1n) is 6.70. The molecule has 0 aliphatic rings. The van der Waals surface area contributed by atoms with Crippen LogP contribution in [-0.4, -0.2) is 33.4 Å². The lowest BCUT2D eigenvalue weighted by Gasteiger charge is -2.26. The van der Waals surface area contributed by atoms with Crippen LogP contribution >= 0.6 is 0 Å². The Morgan fingerprint density at radius 2 is 1.75 bits per heavy atom. The molecule has 1 aromatic rings. The van der Waals surface area contributed by atoms with Gasteiger partial charge in [-0.15, -0.1) is 0 Å². The van der Waals surface area contributed by atoms with Crippen molar-refractivity contribution in [3.63, 3.8) is 0 Å². The summed E-state index contributed by atoms with van der Waals surface area (Å²) in [5.74, 6) is 1.10. The lowest BCUT2D eigenvalue weighted by molar-refractivity contribution is 0.310. The Labute approximate surface area is 122 Å². The fraction of sp³-hybridized carbons (Fsp3) is 0.714. The maximum atomic E-state index is 12.8. The third-order valence-corrected chi connectivity index (χ3v) is 5.04. The monoisotopic (exact) mass is 302 g/mol. The third kappa shape index (κ3) is 3.62. The van der Waals surface area contributed by atoms with Gasteiger partial charge in [0.15, 0.2) is 0 Å². The predicted octanol–water partition coefficient (Wildman–Crippen LogP) is 2.28.